The van der Waals surface area contributed by atoms with Crippen LogP contribution in [-0.2, 0) is 49.7 Å². The quantitative estimate of drug-likeness (QED) is 0.0101. The van der Waals surface area contributed by atoms with Gasteiger partial charge in [0, 0.05) is 94.0 Å². The van der Waals surface area contributed by atoms with Crippen molar-refractivity contribution in [3.8, 4) is 11.9 Å². The molecule has 3 aromatic rings. The number of hydrogen-bond acceptors (Lipinski definition) is 18. The van der Waals surface area contributed by atoms with Gasteiger partial charge in [0.2, 0.25) is 30.0 Å². The van der Waals surface area contributed by atoms with Crippen LogP contribution in [0.4, 0.5) is 21.9 Å². The summed E-state index contributed by atoms with van der Waals surface area (Å²) in [6.07, 6.45) is 4.02. The number of guanidine groups is 1. The summed E-state index contributed by atoms with van der Waals surface area (Å²) in [6.45, 7) is -0.0723. The first-order valence-corrected chi connectivity index (χ1v) is 26.4. The monoisotopic (exact) mass is 1130 g/mol. The third kappa shape index (κ3) is 19.1. The van der Waals surface area contributed by atoms with E-state index < -0.39 is 73.0 Å². The molecule has 0 bridgehead atoms. The minimum Gasteiger partial charge on any atom is -0.479 e. The number of aliphatic imine (C=N–C) groups is 1. The molecule has 27 nitrogen and oxygen atoms in total. The van der Waals surface area contributed by atoms with Gasteiger partial charge in [-0.05, 0) is 73.7 Å². The van der Waals surface area contributed by atoms with E-state index in [0.29, 0.717) is 25.3 Å². The van der Waals surface area contributed by atoms with Crippen LogP contribution in [0.15, 0.2) is 84.1 Å². The van der Waals surface area contributed by atoms with E-state index in [1.54, 1.807) is 43.7 Å². The van der Waals surface area contributed by atoms with E-state index in [-0.39, 0.29) is 85.2 Å². The summed E-state index contributed by atoms with van der Waals surface area (Å²) >= 11 is 0. The number of carboxylic acid groups (broad SMARTS) is 1. The predicted molar refractivity (Wildman–Crippen MR) is 287 cm³/mol. The number of likely N-dealkylation sites (N-methyl/N-ethyl adjacent to an activating group) is 1. The highest BCUT2D eigenvalue weighted by Gasteiger charge is 2.48. The summed E-state index contributed by atoms with van der Waals surface area (Å²) in [5.41, 5.74) is 1.36. The van der Waals surface area contributed by atoms with Crippen molar-refractivity contribution in [1.29, 1.82) is 5.26 Å². The highest BCUT2D eigenvalue weighted by atomic mass is 16.7. The summed E-state index contributed by atoms with van der Waals surface area (Å²) in [4.78, 5) is 118. The third-order valence-corrected chi connectivity index (χ3v) is 13.1. The van der Waals surface area contributed by atoms with Crippen molar-refractivity contribution in [2.75, 3.05) is 55.8 Å². The minimum absolute atomic E-state index is 0.0535. The van der Waals surface area contributed by atoms with Crippen LogP contribution in [0.3, 0.4) is 0 Å². The van der Waals surface area contributed by atoms with Gasteiger partial charge in [0.25, 0.3) is 17.7 Å². The minimum atomic E-state index is -2.01. The maximum absolute atomic E-state index is 13.6. The first kappa shape index (κ1) is 61.7. The van der Waals surface area contributed by atoms with Gasteiger partial charge in [0.1, 0.15) is 30.7 Å². The van der Waals surface area contributed by atoms with Crippen molar-refractivity contribution in [2.45, 2.75) is 120 Å². The number of nitrogens with one attached hydrogen (secondary N) is 5. The maximum atomic E-state index is 13.6. The molecular weight excluding hydrogens is 1060 g/mol. The molecule has 3 heterocycles. The number of carbonyl (C=O) groups excluding carboxylic acids is 7. The molecule has 0 unspecified atom stereocenters. The number of aliphatic hydroxyl groups is 3. The Balaban J connectivity index is 0.983. The molecule has 3 aliphatic rings. The number of hydrogen-bond donors (Lipinski definition) is 9. The summed E-state index contributed by atoms with van der Waals surface area (Å²) in [5.74, 6) is -4.39. The first-order valence-electron chi connectivity index (χ1n) is 26.4. The number of ether oxygens (including phenoxy) is 3. The van der Waals surface area contributed by atoms with Crippen LogP contribution in [-0.4, -0.2) is 170 Å². The lowest BCUT2D eigenvalue weighted by Gasteiger charge is -2.38. The fourth-order valence-corrected chi connectivity index (χ4v) is 8.73. The van der Waals surface area contributed by atoms with Gasteiger partial charge in [-0.1, -0.05) is 44.2 Å². The fraction of sp³-hybridized carbons (Fsp3) is 0.463. The molecule has 9 N–H and O–H groups in total. The lowest BCUT2D eigenvalue weighted by Crippen LogP contribution is -2.61. The lowest BCUT2D eigenvalue weighted by molar-refractivity contribution is -0.271. The highest BCUT2D eigenvalue weighted by molar-refractivity contribution is 6.13. The number of benzene rings is 2. The first-order chi connectivity index (χ1) is 39.0. The van der Waals surface area contributed by atoms with E-state index in [1.165, 1.54) is 40.3 Å². The number of aliphatic hydroxyl groups excluding tert-OH is 3. The number of unbranched alkanes of at least 4 members (excludes halogenated alkanes) is 3. The second-order valence-electron chi connectivity index (χ2n) is 19.1. The molecule has 0 radical (unpaired) electrons. The number of anilines is 3. The Morgan fingerprint density at radius 1 is 0.840 bits per heavy atom. The molecule has 2 fully saturated rings. The van der Waals surface area contributed by atoms with Crippen LogP contribution in [0, 0.1) is 11.5 Å². The number of aliphatic carboxylic acids is 1. The SMILES string of the molecule is CN(CCON(C(=O)CCCCCCN=C(NC#N)Nc1ccncc1)C1CCCCC1)C(=O)c1cccc(NC(=O)OCc2ccc(O[C@@H]3O[C@H](C(=O)O)[C@@H](O)[C@H](O)[C@H]3O)c(NC(=O)CCNC(=O)CCN3C(=O)C=CC3=O)c2)c1. The van der Waals surface area contributed by atoms with E-state index in [2.05, 4.69) is 36.6 Å². The van der Waals surface area contributed by atoms with Crippen LogP contribution >= 0.6 is 0 Å². The molecule has 5 atom stereocenters. The number of carboxylic acids is 1. The summed E-state index contributed by atoms with van der Waals surface area (Å²) in [6, 6.07) is 13.6. The molecule has 2 aromatic carbocycles. The van der Waals surface area contributed by atoms with Gasteiger partial charge in [-0.15, -0.1) is 0 Å². The van der Waals surface area contributed by atoms with Crippen LogP contribution in [0.1, 0.15) is 93.0 Å². The van der Waals surface area contributed by atoms with Crippen LogP contribution < -0.4 is 31.3 Å². The normalized spacial score (nSPS) is 19.0. The topological polar surface area (TPSA) is 373 Å². The van der Waals surface area contributed by atoms with Gasteiger partial charge in [0.05, 0.1) is 18.3 Å². The Morgan fingerprint density at radius 2 is 1.58 bits per heavy atom. The molecule has 81 heavy (non-hydrogen) atoms. The van der Waals surface area contributed by atoms with Crippen molar-refractivity contribution in [1.82, 2.24) is 30.5 Å². The molecule has 27 heteroatoms. The summed E-state index contributed by atoms with van der Waals surface area (Å²) in [7, 11) is 1.59. The van der Waals surface area contributed by atoms with E-state index in [9.17, 15) is 58.8 Å². The van der Waals surface area contributed by atoms with Gasteiger partial charge in [-0.25, -0.2) is 14.7 Å². The van der Waals surface area contributed by atoms with E-state index in [0.717, 1.165) is 74.1 Å². The second-order valence-corrected chi connectivity index (χ2v) is 19.1. The largest absolute Gasteiger partial charge is 0.479 e. The smallest absolute Gasteiger partial charge is 0.411 e. The summed E-state index contributed by atoms with van der Waals surface area (Å²) in [5, 5.41) is 64.5. The predicted octanol–water partition coefficient (Wildman–Crippen LogP) is 2.52. The molecular formula is C54H67N11O16. The number of carbonyl (C=O) groups is 8. The Morgan fingerprint density at radius 3 is 2.31 bits per heavy atom. The van der Waals surface area contributed by atoms with Crippen LogP contribution in [0.25, 0.3) is 0 Å². The molecule has 1 saturated carbocycles. The molecule has 1 saturated heterocycles. The van der Waals surface area contributed by atoms with E-state index in [4.69, 9.17) is 24.3 Å². The van der Waals surface area contributed by atoms with Gasteiger partial charge < -0.3 is 55.5 Å². The molecule has 0 spiro atoms. The number of amides is 7. The Hall–Kier alpha value is -8.55. The molecule has 1 aromatic heterocycles. The van der Waals surface area contributed by atoms with Crippen molar-refractivity contribution < 1.29 is 77.8 Å². The summed E-state index contributed by atoms with van der Waals surface area (Å²) < 4.78 is 16.4. The second kappa shape index (κ2) is 31.3. The zero-order valence-corrected chi connectivity index (χ0v) is 44.6. The molecule has 434 valence electrons. The molecule has 7 amide bonds. The van der Waals surface area contributed by atoms with Gasteiger partial charge >= 0.3 is 12.1 Å². The number of hydroxylamine groups is 2. The lowest BCUT2D eigenvalue weighted by atomic mass is 9.95. The van der Waals surface area contributed by atoms with Crippen molar-refractivity contribution in [2.24, 2.45) is 4.99 Å². The maximum Gasteiger partial charge on any atom is 0.411 e. The Labute approximate surface area is 466 Å². The number of nitrogens with zero attached hydrogens (tertiary/aromatic N) is 6. The van der Waals surface area contributed by atoms with E-state index >= 15 is 0 Å². The Bertz CT molecular complexity index is 2770. The zero-order valence-electron chi connectivity index (χ0n) is 44.6. The zero-order chi connectivity index (χ0) is 58.3. The van der Waals surface area contributed by atoms with Crippen molar-refractivity contribution >= 4 is 70.5 Å². The number of nitriles is 1. The van der Waals surface area contributed by atoms with Gasteiger partial charge in [-0.2, -0.15) is 5.26 Å². The van der Waals surface area contributed by atoms with Crippen molar-refractivity contribution in [3.05, 3.63) is 90.3 Å². The number of rotatable bonds is 27. The van der Waals surface area contributed by atoms with Gasteiger partial charge in [-0.3, -0.25) is 59.1 Å². The average molecular weight is 1130 g/mol. The molecule has 6 rings (SSSR count). The standard InChI is InChI=1S/C54H67N11O16/c1-63(28-29-79-65(38-12-5-4-6-13-38)45(70)14-7-2-3-8-23-58-53(59-33-55)60-36-19-24-56-25-20-36)50(74)35-10-9-11-37(31-35)61-54(77)78-32-34-15-16-40(80-52-48(73)46(71)47(72)49(81-52)51(75)76)39(30-34)62-42(67)21-26-57-41(66)22-27-64-43(68)17-18-44(64)69/h9-11,15-20,24-25,30-31,38,46-49,52,71-73H,2-8,12-14,21-23,26-29,32H2,1H3,(H,57,66)(H,61,77)(H,62,67)(H,75,76)(H2,56,58,59,60)/t46-,47-,48+,49-,52+/m0/s1. The number of pyridine rings is 1. The van der Waals surface area contributed by atoms with E-state index in [1.807, 2.05) is 6.19 Å². The number of imide groups is 1. The molecule has 2 aliphatic heterocycles. The van der Waals surface area contributed by atoms with Crippen LogP contribution in [0.2, 0.25) is 0 Å². The number of aromatic nitrogens is 1. The molecule has 1 aliphatic carbocycles. The van der Waals surface area contributed by atoms with Crippen LogP contribution in [0.5, 0.6) is 5.75 Å². The fourth-order valence-electron chi connectivity index (χ4n) is 8.73. The highest BCUT2D eigenvalue weighted by Crippen LogP contribution is 2.32. The average Bonchev–Trinajstić information content (AvgIpc) is 3.86. The van der Waals surface area contributed by atoms with Gasteiger partial charge in [0.15, 0.2) is 12.3 Å². The third-order valence-electron chi connectivity index (χ3n) is 13.1. The Kier molecular flexibility index (Phi) is 23.8. The van der Waals surface area contributed by atoms with Crippen molar-refractivity contribution in [3.63, 3.8) is 0 Å².